The molecule has 186 valence electrons. The minimum atomic E-state index is -0.0480. The lowest BCUT2D eigenvalue weighted by molar-refractivity contribution is -0.106. The monoisotopic (exact) mass is 493 g/mol. The molecular weight excluding hydrogens is 458 g/mol. The van der Waals surface area contributed by atoms with E-state index in [2.05, 4.69) is 72.5 Å². The second-order valence-electron chi connectivity index (χ2n) is 10.1. The molecule has 0 radical (unpaired) electrons. The van der Waals surface area contributed by atoms with E-state index < -0.39 is 0 Å². The van der Waals surface area contributed by atoms with E-state index in [0.717, 1.165) is 67.2 Å². The number of hydrogen-bond acceptors (Lipinski definition) is 4. The minimum absolute atomic E-state index is 0.0480. The Morgan fingerprint density at radius 2 is 1.94 bits per heavy atom. The molecule has 5 rings (SSSR count). The van der Waals surface area contributed by atoms with Crippen molar-refractivity contribution in [2.75, 3.05) is 24.7 Å². The number of benzene rings is 2. The van der Waals surface area contributed by atoms with Crippen LogP contribution in [-0.2, 0) is 17.7 Å². The van der Waals surface area contributed by atoms with Gasteiger partial charge in [-0.1, -0.05) is 73.5 Å². The molecule has 4 unspecified atom stereocenters. The van der Waals surface area contributed by atoms with Crippen LogP contribution in [0.3, 0.4) is 0 Å². The molecule has 0 spiro atoms. The number of anilines is 1. The summed E-state index contributed by atoms with van der Waals surface area (Å²) in [6.07, 6.45) is 9.39. The van der Waals surface area contributed by atoms with Crippen molar-refractivity contribution in [3.63, 3.8) is 0 Å². The number of aliphatic hydroxyl groups excluding tert-OH is 1. The standard InChI is InChI=1S/C30H36ClNO3/c1-2-21-15-26(20-33)35-30(17-21)24-9-10-27(31)25(18-24)14-23-8-11-29-28(16-23)32(12-13-34-29)19-22-6-4-3-5-7-22/h3-8,10-11,16,18,21,24,26,30,33H,2,9,12-15,17,19-20H2,1H3. The molecule has 2 aromatic carbocycles. The Bertz CT molecular complexity index is 1050. The van der Waals surface area contributed by atoms with E-state index in [9.17, 15) is 5.11 Å². The highest BCUT2D eigenvalue weighted by Crippen LogP contribution is 2.39. The molecule has 1 saturated heterocycles. The Morgan fingerprint density at radius 1 is 1.09 bits per heavy atom. The van der Waals surface area contributed by atoms with Gasteiger partial charge in [-0.3, -0.25) is 0 Å². The molecule has 4 atom stereocenters. The molecule has 0 aromatic heterocycles. The van der Waals surface area contributed by atoms with E-state index in [4.69, 9.17) is 21.1 Å². The maximum Gasteiger partial charge on any atom is 0.142 e. The van der Waals surface area contributed by atoms with E-state index in [-0.39, 0.29) is 18.8 Å². The van der Waals surface area contributed by atoms with Gasteiger partial charge < -0.3 is 19.5 Å². The van der Waals surface area contributed by atoms with Gasteiger partial charge in [-0.05, 0) is 60.4 Å². The van der Waals surface area contributed by atoms with Crippen LogP contribution < -0.4 is 9.64 Å². The van der Waals surface area contributed by atoms with Gasteiger partial charge in [0.2, 0.25) is 0 Å². The molecule has 0 amide bonds. The first-order valence-corrected chi connectivity index (χ1v) is 13.4. The number of hydrogen-bond donors (Lipinski definition) is 1. The van der Waals surface area contributed by atoms with E-state index in [1.165, 1.54) is 11.1 Å². The summed E-state index contributed by atoms with van der Waals surface area (Å²) in [6, 6.07) is 17.1. The number of allylic oxidation sites excluding steroid dienone is 3. The molecular formula is C30H36ClNO3. The Hall–Kier alpha value is -2.27. The average molecular weight is 494 g/mol. The third kappa shape index (κ3) is 5.77. The van der Waals surface area contributed by atoms with Gasteiger partial charge in [0.05, 0.1) is 31.0 Å². The summed E-state index contributed by atoms with van der Waals surface area (Å²) < 4.78 is 12.3. The fraction of sp³-hybridized carbons (Fsp3) is 0.467. The second kappa shape index (κ2) is 11.2. The Balaban J connectivity index is 1.34. The first kappa shape index (κ1) is 24.4. The predicted molar refractivity (Wildman–Crippen MR) is 142 cm³/mol. The van der Waals surface area contributed by atoms with Gasteiger partial charge in [0.15, 0.2) is 0 Å². The molecule has 0 bridgehead atoms. The van der Waals surface area contributed by atoms with Gasteiger partial charge in [-0.2, -0.15) is 0 Å². The summed E-state index contributed by atoms with van der Waals surface area (Å²) in [7, 11) is 0. The van der Waals surface area contributed by atoms with Crippen LogP contribution in [0.2, 0.25) is 0 Å². The maximum atomic E-state index is 9.73. The number of fused-ring (bicyclic) bond motifs is 1. The quantitative estimate of drug-likeness (QED) is 0.494. The van der Waals surface area contributed by atoms with Crippen LogP contribution in [0, 0.1) is 11.8 Å². The average Bonchev–Trinajstić information content (AvgIpc) is 2.90. The Labute approximate surface area is 214 Å². The highest BCUT2D eigenvalue weighted by Gasteiger charge is 2.33. The first-order valence-electron chi connectivity index (χ1n) is 13.0. The second-order valence-corrected chi connectivity index (χ2v) is 10.5. The number of rotatable bonds is 7. The summed E-state index contributed by atoms with van der Waals surface area (Å²) in [5.74, 6) is 1.86. The summed E-state index contributed by atoms with van der Waals surface area (Å²) in [5.41, 5.74) is 4.85. The van der Waals surface area contributed by atoms with Crippen LogP contribution in [-0.4, -0.2) is 37.1 Å². The summed E-state index contributed by atoms with van der Waals surface area (Å²) in [4.78, 5) is 2.41. The molecule has 2 aliphatic heterocycles. The van der Waals surface area contributed by atoms with Crippen molar-refractivity contribution in [3.05, 3.63) is 82.4 Å². The van der Waals surface area contributed by atoms with E-state index in [1.54, 1.807) is 0 Å². The van der Waals surface area contributed by atoms with Gasteiger partial charge in [0.1, 0.15) is 12.4 Å². The van der Waals surface area contributed by atoms with Crippen molar-refractivity contribution in [1.82, 2.24) is 0 Å². The van der Waals surface area contributed by atoms with E-state index in [1.807, 2.05) is 0 Å². The van der Waals surface area contributed by atoms with Crippen LogP contribution in [0.5, 0.6) is 5.75 Å². The van der Waals surface area contributed by atoms with Crippen LogP contribution >= 0.6 is 11.6 Å². The molecule has 35 heavy (non-hydrogen) atoms. The lowest BCUT2D eigenvalue weighted by atomic mass is 9.81. The van der Waals surface area contributed by atoms with Crippen molar-refractivity contribution in [1.29, 1.82) is 0 Å². The van der Waals surface area contributed by atoms with Gasteiger partial charge in [0, 0.05) is 17.5 Å². The summed E-state index contributed by atoms with van der Waals surface area (Å²) >= 11 is 6.70. The van der Waals surface area contributed by atoms with Crippen molar-refractivity contribution < 1.29 is 14.6 Å². The van der Waals surface area contributed by atoms with Crippen molar-refractivity contribution >= 4 is 17.3 Å². The lowest BCUT2D eigenvalue weighted by Gasteiger charge is -2.38. The van der Waals surface area contributed by atoms with E-state index >= 15 is 0 Å². The van der Waals surface area contributed by atoms with Crippen molar-refractivity contribution in [2.45, 2.75) is 57.8 Å². The van der Waals surface area contributed by atoms with Crippen LogP contribution in [0.1, 0.15) is 43.7 Å². The predicted octanol–water partition coefficient (Wildman–Crippen LogP) is 6.26. The molecule has 5 heteroatoms. The highest BCUT2D eigenvalue weighted by atomic mass is 35.5. The third-order valence-corrected chi connectivity index (χ3v) is 8.07. The fourth-order valence-electron chi connectivity index (χ4n) is 5.68. The van der Waals surface area contributed by atoms with Crippen LogP contribution in [0.15, 0.2) is 71.3 Å². The molecule has 4 nitrogen and oxygen atoms in total. The number of aliphatic hydroxyl groups is 1. The molecule has 1 N–H and O–H groups in total. The SMILES string of the molecule is CCC1CC(CO)OC(C2C=C(Cc3ccc4c(c3)N(Cc3ccccc3)CCO4)C(Cl)=CC2)C1. The largest absolute Gasteiger partial charge is 0.490 e. The number of ether oxygens (including phenoxy) is 2. The highest BCUT2D eigenvalue weighted by molar-refractivity contribution is 6.32. The fourth-order valence-corrected chi connectivity index (χ4v) is 5.90. The molecule has 1 aliphatic carbocycles. The molecule has 0 saturated carbocycles. The zero-order chi connectivity index (χ0) is 24.2. The molecule has 2 heterocycles. The van der Waals surface area contributed by atoms with Crippen molar-refractivity contribution in [2.24, 2.45) is 11.8 Å². The van der Waals surface area contributed by atoms with Crippen LogP contribution in [0.25, 0.3) is 0 Å². The third-order valence-electron chi connectivity index (χ3n) is 7.67. The Kier molecular flexibility index (Phi) is 7.81. The topological polar surface area (TPSA) is 41.9 Å². The zero-order valence-corrected chi connectivity index (χ0v) is 21.3. The first-order chi connectivity index (χ1) is 17.1. The van der Waals surface area contributed by atoms with Crippen LogP contribution in [0.4, 0.5) is 5.69 Å². The summed E-state index contributed by atoms with van der Waals surface area (Å²) in [5, 5.41) is 10.6. The molecule has 2 aromatic rings. The van der Waals surface area contributed by atoms with Gasteiger partial charge >= 0.3 is 0 Å². The maximum absolute atomic E-state index is 9.73. The van der Waals surface area contributed by atoms with Crippen molar-refractivity contribution in [3.8, 4) is 5.75 Å². The summed E-state index contributed by atoms with van der Waals surface area (Å²) in [6.45, 7) is 4.79. The normalized spacial score (nSPS) is 26.4. The van der Waals surface area contributed by atoms with Gasteiger partial charge in [-0.25, -0.2) is 0 Å². The van der Waals surface area contributed by atoms with E-state index in [0.29, 0.717) is 18.4 Å². The lowest BCUT2D eigenvalue weighted by Crippen LogP contribution is -2.39. The molecule has 3 aliphatic rings. The molecule has 1 fully saturated rings. The zero-order valence-electron chi connectivity index (χ0n) is 20.5. The number of halogens is 1. The van der Waals surface area contributed by atoms with Gasteiger partial charge in [0.25, 0.3) is 0 Å². The number of nitrogens with zero attached hydrogens (tertiary/aromatic N) is 1. The smallest absolute Gasteiger partial charge is 0.142 e. The Morgan fingerprint density at radius 3 is 2.74 bits per heavy atom. The minimum Gasteiger partial charge on any atom is -0.490 e. The van der Waals surface area contributed by atoms with Gasteiger partial charge in [-0.15, -0.1) is 0 Å².